The Kier molecular flexibility index (Phi) is 4.28. The van der Waals surface area contributed by atoms with Crippen LogP contribution in [-0.2, 0) is 16.3 Å². The Hall–Kier alpha value is -1.62. The summed E-state index contributed by atoms with van der Waals surface area (Å²) < 4.78 is 25.4. The molecule has 2 rings (SSSR count). The summed E-state index contributed by atoms with van der Waals surface area (Å²) in [4.78, 5) is 11.2. The van der Waals surface area contributed by atoms with Gasteiger partial charge in [-0.05, 0) is 43.4 Å². The number of aryl methyl sites for hydroxylation is 1. The van der Waals surface area contributed by atoms with Crippen molar-refractivity contribution >= 4 is 15.8 Å². The molecule has 0 aromatic heterocycles. The molecule has 0 aliphatic heterocycles. The highest BCUT2D eigenvalue weighted by Gasteiger charge is 2.28. The van der Waals surface area contributed by atoms with Crippen molar-refractivity contribution in [2.45, 2.75) is 42.8 Å². The average molecular weight is 294 g/mol. The van der Waals surface area contributed by atoms with Gasteiger partial charge in [-0.15, -0.1) is 0 Å². The molecule has 1 atom stereocenters. The molecule has 1 N–H and O–H groups in total. The zero-order valence-electron chi connectivity index (χ0n) is 11.4. The highest BCUT2D eigenvalue weighted by Crippen LogP contribution is 2.28. The standard InChI is InChI=1S/C15H18O4S/c1-2-11-8-9-12(15(16)17)10-14(11)20(18,19)13-6-4-3-5-7-13/h4,6,8-10,13H,2-3,5,7H2,1H3,(H,16,17). The van der Waals surface area contributed by atoms with Gasteiger partial charge in [0, 0.05) is 0 Å². The van der Waals surface area contributed by atoms with E-state index in [0.717, 1.165) is 12.8 Å². The Balaban J connectivity index is 2.54. The quantitative estimate of drug-likeness (QED) is 0.867. The zero-order chi connectivity index (χ0) is 14.8. The molecule has 5 heteroatoms. The number of benzene rings is 1. The maximum Gasteiger partial charge on any atom is 0.335 e. The van der Waals surface area contributed by atoms with E-state index < -0.39 is 21.1 Å². The lowest BCUT2D eigenvalue weighted by Crippen LogP contribution is -2.22. The van der Waals surface area contributed by atoms with Crippen molar-refractivity contribution in [3.8, 4) is 0 Å². The van der Waals surface area contributed by atoms with E-state index >= 15 is 0 Å². The van der Waals surface area contributed by atoms with Crippen LogP contribution in [0, 0.1) is 0 Å². The number of hydrogen-bond acceptors (Lipinski definition) is 3. The molecule has 1 aliphatic carbocycles. The molecule has 0 heterocycles. The Bertz CT molecular complexity index is 644. The number of sulfone groups is 1. The summed E-state index contributed by atoms with van der Waals surface area (Å²) in [6, 6.07) is 4.35. The van der Waals surface area contributed by atoms with Crippen LogP contribution in [0.4, 0.5) is 0 Å². The minimum atomic E-state index is -3.51. The molecular formula is C15H18O4S. The van der Waals surface area contributed by atoms with Gasteiger partial charge in [0.25, 0.3) is 0 Å². The Labute approximate surface area is 119 Å². The van der Waals surface area contributed by atoms with Crippen LogP contribution in [0.25, 0.3) is 0 Å². The molecule has 0 fully saturated rings. The van der Waals surface area contributed by atoms with Crippen LogP contribution in [0.3, 0.4) is 0 Å². The molecule has 1 aromatic rings. The fourth-order valence-electron chi connectivity index (χ4n) is 2.45. The van der Waals surface area contributed by atoms with E-state index in [-0.39, 0.29) is 10.5 Å². The first-order chi connectivity index (χ1) is 9.46. The first kappa shape index (κ1) is 14.8. The van der Waals surface area contributed by atoms with Crippen molar-refractivity contribution < 1.29 is 18.3 Å². The zero-order valence-corrected chi connectivity index (χ0v) is 12.2. The second-order valence-corrected chi connectivity index (χ2v) is 7.06. The second-order valence-electron chi connectivity index (χ2n) is 4.92. The maximum absolute atomic E-state index is 12.7. The van der Waals surface area contributed by atoms with Gasteiger partial charge in [-0.2, -0.15) is 0 Å². The van der Waals surface area contributed by atoms with Crippen molar-refractivity contribution in [3.63, 3.8) is 0 Å². The van der Waals surface area contributed by atoms with Crippen LogP contribution in [0.2, 0.25) is 0 Å². The first-order valence-corrected chi connectivity index (χ1v) is 8.28. The predicted octanol–water partition coefficient (Wildman–Crippen LogP) is 2.83. The minimum absolute atomic E-state index is 0.0144. The number of hydrogen-bond donors (Lipinski definition) is 1. The van der Waals surface area contributed by atoms with Crippen LogP contribution >= 0.6 is 0 Å². The van der Waals surface area contributed by atoms with Crippen LogP contribution in [0.5, 0.6) is 0 Å². The normalized spacial score (nSPS) is 18.9. The van der Waals surface area contributed by atoms with E-state index in [1.165, 1.54) is 12.1 Å². The molecule has 108 valence electrons. The van der Waals surface area contributed by atoms with Crippen molar-refractivity contribution in [2.24, 2.45) is 0 Å². The van der Waals surface area contributed by atoms with Gasteiger partial charge in [0.15, 0.2) is 9.84 Å². The Morgan fingerprint density at radius 2 is 2.15 bits per heavy atom. The van der Waals surface area contributed by atoms with E-state index in [1.54, 1.807) is 12.1 Å². The number of carboxylic acid groups (broad SMARTS) is 1. The summed E-state index contributed by atoms with van der Waals surface area (Å²) in [7, 11) is -3.51. The SMILES string of the molecule is CCc1ccc(C(=O)O)cc1S(=O)(=O)C1C=CCCC1. The summed E-state index contributed by atoms with van der Waals surface area (Å²) in [5, 5.41) is 8.50. The van der Waals surface area contributed by atoms with Crippen LogP contribution in [-0.4, -0.2) is 24.7 Å². The topological polar surface area (TPSA) is 71.4 Å². The lowest BCUT2D eigenvalue weighted by molar-refractivity contribution is 0.0696. The third kappa shape index (κ3) is 2.77. The van der Waals surface area contributed by atoms with E-state index in [4.69, 9.17) is 5.11 Å². The Morgan fingerprint density at radius 1 is 1.40 bits per heavy atom. The number of rotatable bonds is 4. The van der Waals surface area contributed by atoms with Crippen molar-refractivity contribution in [3.05, 3.63) is 41.5 Å². The highest BCUT2D eigenvalue weighted by molar-refractivity contribution is 7.92. The van der Waals surface area contributed by atoms with Gasteiger partial charge in [0.2, 0.25) is 0 Å². The molecule has 4 nitrogen and oxygen atoms in total. The monoisotopic (exact) mass is 294 g/mol. The fraction of sp³-hybridized carbons (Fsp3) is 0.400. The molecule has 0 saturated carbocycles. The van der Waals surface area contributed by atoms with Crippen molar-refractivity contribution in [1.82, 2.24) is 0 Å². The highest BCUT2D eigenvalue weighted by atomic mass is 32.2. The number of carboxylic acids is 1. The van der Waals surface area contributed by atoms with Crippen molar-refractivity contribution in [1.29, 1.82) is 0 Å². The largest absolute Gasteiger partial charge is 0.478 e. The number of aromatic carboxylic acids is 1. The third-order valence-electron chi connectivity index (χ3n) is 3.61. The number of carbonyl (C=O) groups is 1. The number of allylic oxidation sites excluding steroid dienone is 1. The van der Waals surface area contributed by atoms with Crippen LogP contribution in [0.15, 0.2) is 35.2 Å². The van der Waals surface area contributed by atoms with Crippen LogP contribution in [0.1, 0.15) is 42.1 Å². The molecule has 0 amide bonds. The average Bonchev–Trinajstić information content (AvgIpc) is 2.47. The van der Waals surface area contributed by atoms with Crippen molar-refractivity contribution in [2.75, 3.05) is 0 Å². The molecule has 20 heavy (non-hydrogen) atoms. The van der Waals surface area contributed by atoms with Crippen LogP contribution < -0.4 is 0 Å². The summed E-state index contributed by atoms with van der Waals surface area (Å²) in [5.74, 6) is -1.11. The molecule has 1 unspecified atom stereocenters. The minimum Gasteiger partial charge on any atom is -0.478 e. The van der Waals surface area contributed by atoms with Gasteiger partial charge in [0.1, 0.15) is 0 Å². The third-order valence-corrected chi connectivity index (χ3v) is 5.79. The molecular weight excluding hydrogens is 276 g/mol. The van der Waals surface area contributed by atoms with Gasteiger partial charge < -0.3 is 5.11 Å². The van der Waals surface area contributed by atoms with Gasteiger partial charge in [-0.1, -0.05) is 25.1 Å². The summed E-state index contributed by atoms with van der Waals surface area (Å²) in [6.07, 6.45) is 6.52. The first-order valence-electron chi connectivity index (χ1n) is 6.73. The van der Waals surface area contributed by atoms with Gasteiger partial charge >= 0.3 is 5.97 Å². The molecule has 1 aliphatic rings. The predicted molar refractivity (Wildman–Crippen MR) is 76.7 cm³/mol. The van der Waals surface area contributed by atoms with E-state index in [9.17, 15) is 13.2 Å². The van der Waals surface area contributed by atoms with Gasteiger partial charge in [0.05, 0.1) is 15.7 Å². The molecule has 0 spiro atoms. The lowest BCUT2D eigenvalue weighted by Gasteiger charge is -2.19. The van der Waals surface area contributed by atoms with E-state index in [2.05, 4.69) is 0 Å². The summed E-state index contributed by atoms with van der Waals surface area (Å²) >= 11 is 0. The Morgan fingerprint density at radius 3 is 2.70 bits per heavy atom. The van der Waals surface area contributed by atoms with Gasteiger partial charge in [-0.25, -0.2) is 13.2 Å². The maximum atomic E-state index is 12.7. The second kappa shape index (κ2) is 5.79. The molecule has 0 saturated heterocycles. The molecule has 1 aromatic carbocycles. The van der Waals surface area contributed by atoms with E-state index in [0.29, 0.717) is 18.4 Å². The summed E-state index contributed by atoms with van der Waals surface area (Å²) in [6.45, 7) is 1.87. The summed E-state index contributed by atoms with van der Waals surface area (Å²) in [5.41, 5.74) is 0.689. The smallest absolute Gasteiger partial charge is 0.335 e. The van der Waals surface area contributed by atoms with E-state index in [1.807, 2.05) is 13.0 Å². The molecule has 0 radical (unpaired) electrons. The van der Waals surface area contributed by atoms with Gasteiger partial charge in [-0.3, -0.25) is 0 Å². The fourth-order valence-corrected chi connectivity index (χ4v) is 4.44. The molecule has 0 bridgehead atoms. The lowest BCUT2D eigenvalue weighted by atomic mass is 10.1.